The van der Waals surface area contributed by atoms with Crippen LogP contribution in [-0.2, 0) is 0 Å². The average Bonchev–Trinajstić information content (AvgIpc) is 3.06. The summed E-state index contributed by atoms with van der Waals surface area (Å²) in [5, 5.41) is 26.3. The van der Waals surface area contributed by atoms with Crippen LogP contribution in [0.2, 0.25) is 0 Å². The molecular weight excluding hydrogens is 306 g/mol. The number of aromatic amines is 1. The van der Waals surface area contributed by atoms with Crippen molar-refractivity contribution in [2.24, 2.45) is 0 Å². The molecule has 0 aliphatic heterocycles. The number of nitrogens with one attached hydrogen (secondary N) is 1. The molecule has 0 radical (unpaired) electrons. The van der Waals surface area contributed by atoms with Gasteiger partial charge >= 0.3 is 0 Å². The molecule has 0 saturated carbocycles. The van der Waals surface area contributed by atoms with Crippen LogP contribution in [0.3, 0.4) is 0 Å². The highest BCUT2D eigenvalue weighted by atomic mass is 16.4. The van der Waals surface area contributed by atoms with Gasteiger partial charge in [0.15, 0.2) is 0 Å². The van der Waals surface area contributed by atoms with Crippen molar-refractivity contribution < 1.29 is 15.0 Å². The van der Waals surface area contributed by atoms with Crippen LogP contribution in [0.5, 0.6) is 5.75 Å². The summed E-state index contributed by atoms with van der Waals surface area (Å²) in [6.07, 6.45) is 3.03. The predicted octanol–water partition coefficient (Wildman–Crippen LogP) is 3.52. The van der Waals surface area contributed by atoms with Crippen LogP contribution in [0.15, 0.2) is 42.6 Å². The predicted molar refractivity (Wildman–Crippen MR) is 93.2 cm³/mol. The number of hydrogen-bond donors (Lipinski definition) is 3. The molecule has 1 aromatic carbocycles. The first kappa shape index (κ1) is 17.6. The van der Waals surface area contributed by atoms with Gasteiger partial charge in [-0.05, 0) is 38.0 Å². The first-order chi connectivity index (χ1) is 11.5. The summed E-state index contributed by atoms with van der Waals surface area (Å²) in [6, 6.07) is 7.12. The Balaban J connectivity index is 2.47. The Hall–Kier alpha value is -2.73. The SMILES string of the molecule is C=CCC/C(=C(\C)[N+](=O)CO)c1cc(-c2cc(C)ccc2O)[nH]n1. The third kappa shape index (κ3) is 3.78. The number of aromatic nitrogens is 2. The Morgan fingerprint density at radius 3 is 2.83 bits per heavy atom. The van der Waals surface area contributed by atoms with Gasteiger partial charge in [0.25, 0.3) is 6.73 Å². The number of rotatable bonds is 7. The lowest BCUT2D eigenvalue weighted by molar-refractivity contribution is -0.536. The Bertz CT molecular complexity index is 791. The van der Waals surface area contributed by atoms with E-state index in [9.17, 15) is 10.0 Å². The van der Waals surface area contributed by atoms with Gasteiger partial charge in [0.2, 0.25) is 5.70 Å². The van der Waals surface area contributed by atoms with E-state index < -0.39 is 6.73 Å². The molecule has 0 saturated heterocycles. The second-order valence-corrected chi connectivity index (χ2v) is 5.60. The van der Waals surface area contributed by atoms with Crippen molar-refractivity contribution in [3.63, 3.8) is 0 Å². The highest BCUT2D eigenvalue weighted by molar-refractivity contribution is 5.73. The van der Waals surface area contributed by atoms with Gasteiger partial charge < -0.3 is 10.2 Å². The van der Waals surface area contributed by atoms with E-state index >= 15 is 0 Å². The summed E-state index contributed by atoms with van der Waals surface area (Å²) >= 11 is 0. The van der Waals surface area contributed by atoms with Crippen LogP contribution in [0.1, 0.15) is 31.0 Å². The Morgan fingerprint density at radius 2 is 2.17 bits per heavy atom. The van der Waals surface area contributed by atoms with Gasteiger partial charge in [0.05, 0.1) is 21.7 Å². The summed E-state index contributed by atoms with van der Waals surface area (Å²) in [7, 11) is 0. The standard InChI is InChI=1S/C18H21N3O3/c1-4-5-6-14(13(3)21(24)11-22)16-10-17(20-19-16)15-9-12(2)7-8-18(15)23/h4,7-10,22H,1,5-6,11H2,2-3H3,(H-,19,20,23,24)/p+1. The highest BCUT2D eigenvalue weighted by Gasteiger charge is 2.21. The number of nitrogens with zero attached hydrogens (tertiary/aromatic N) is 2. The van der Waals surface area contributed by atoms with E-state index in [1.807, 2.05) is 19.1 Å². The minimum absolute atomic E-state index is 0.157. The second-order valence-electron chi connectivity index (χ2n) is 5.60. The Morgan fingerprint density at radius 1 is 1.42 bits per heavy atom. The highest BCUT2D eigenvalue weighted by Crippen LogP contribution is 2.31. The number of H-pyrrole nitrogens is 1. The number of nitroso groups, excluding NO2 is 1. The molecule has 0 bridgehead atoms. The molecule has 24 heavy (non-hydrogen) atoms. The molecule has 1 aromatic heterocycles. The Kier molecular flexibility index (Phi) is 5.65. The van der Waals surface area contributed by atoms with Crippen LogP contribution in [-0.4, -0.2) is 31.9 Å². The van der Waals surface area contributed by atoms with Crippen molar-refractivity contribution in [1.29, 1.82) is 0 Å². The fraction of sp³-hybridized carbons (Fsp3) is 0.278. The fourth-order valence-corrected chi connectivity index (χ4v) is 2.48. The van der Waals surface area contributed by atoms with E-state index in [1.54, 1.807) is 25.1 Å². The molecular formula is C18H22N3O3+. The third-order valence-electron chi connectivity index (χ3n) is 3.87. The smallest absolute Gasteiger partial charge is 0.299 e. The lowest BCUT2D eigenvalue weighted by atomic mass is 10.0. The number of aryl methyl sites for hydroxylation is 1. The van der Waals surface area contributed by atoms with Crippen molar-refractivity contribution in [2.75, 3.05) is 6.73 Å². The normalized spacial score (nSPS) is 12.0. The van der Waals surface area contributed by atoms with Gasteiger partial charge in [-0.25, -0.2) is 0 Å². The number of aliphatic hydroxyl groups excluding tert-OH is 1. The maximum atomic E-state index is 11.8. The van der Waals surface area contributed by atoms with Gasteiger partial charge in [-0.3, -0.25) is 5.10 Å². The lowest BCUT2D eigenvalue weighted by Gasteiger charge is -2.03. The monoisotopic (exact) mass is 328 g/mol. The molecule has 0 unspecified atom stereocenters. The van der Waals surface area contributed by atoms with Crippen molar-refractivity contribution in [2.45, 2.75) is 26.7 Å². The van der Waals surface area contributed by atoms with Gasteiger partial charge in [-0.15, -0.1) is 6.58 Å². The Labute approximate surface area is 140 Å². The number of aliphatic hydroxyl groups is 1. The van der Waals surface area contributed by atoms with Crippen LogP contribution < -0.4 is 0 Å². The lowest BCUT2D eigenvalue weighted by Crippen LogP contribution is -2.09. The summed E-state index contributed by atoms with van der Waals surface area (Å²) in [4.78, 5) is 11.8. The van der Waals surface area contributed by atoms with Crippen LogP contribution >= 0.6 is 0 Å². The maximum absolute atomic E-state index is 11.8. The topological polar surface area (TPSA) is 89.2 Å². The molecule has 2 aromatic rings. The van der Waals surface area contributed by atoms with Crippen LogP contribution in [0.25, 0.3) is 16.8 Å². The van der Waals surface area contributed by atoms with E-state index in [4.69, 9.17) is 5.11 Å². The van der Waals surface area contributed by atoms with E-state index in [1.165, 1.54) is 0 Å². The van der Waals surface area contributed by atoms with Crippen molar-refractivity contribution in [1.82, 2.24) is 10.2 Å². The van der Waals surface area contributed by atoms with Crippen LogP contribution in [0.4, 0.5) is 0 Å². The zero-order chi connectivity index (χ0) is 17.7. The molecule has 2 rings (SSSR count). The molecule has 0 amide bonds. The van der Waals surface area contributed by atoms with E-state index in [-0.39, 0.29) is 5.75 Å². The molecule has 6 heteroatoms. The van der Waals surface area contributed by atoms with Gasteiger partial charge in [0, 0.05) is 17.4 Å². The van der Waals surface area contributed by atoms with Gasteiger partial charge in [0.1, 0.15) is 5.75 Å². The van der Waals surface area contributed by atoms with E-state index in [0.717, 1.165) is 11.1 Å². The molecule has 0 spiro atoms. The summed E-state index contributed by atoms with van der Waals surface area (Å²) < 4.78 is 0.525. The number of phenolic OH excluding ortho intramolecular Hbond substituents is 1. The molecule has 0 aliphatic carbocycles. The zero-order valence-electron chi connectivity index (χ0n) is 13.9. The van der Waals surface area contributed by atoms with Crippen molar-refractivity contribution >= 4 is 5.57 Å². The minimum Gasteiger partial charge on any atom is -0.507 e. The molecule has 126 valence electrons. The van der Waals surface area contributed by atoms with Crippen molar-refractivity contribution in [3.05, 3.63) is 58.8 Å². The first-order valence-electron chi connectivity index (χ1n) is 7.69. The zero-order valence-corrected chi connectivity index (χ0v) is 13.9. The molecule has 0 atom stereocenters. The number of aromatic hydroxyl groups is 1. The third-order valence-corrected chi connectivity index (χ3v) is 3.87. The largest absolute Gasteiger partial charge is 0.507 e. The maximum Gasteiger partial charge on any atom is 0.299 e. The summed E-state index contributed by atoms with van der Waals surface area (Å²) in [5.41, 5.74) is 4.08. The van der Waals surface area contributed by atoms with E-state index in [0.29, 0.717) is 40.2 Å². The quantitative estimate of drug-likeness (QED) is 0.412. The summed E-state index contributed by atoms with van der Waals surface area (Å²) in [5.74, 6) is 0.157. The van der Waals surface area contributed by atoms with Crippen molar-refractivity contribution in [3.8, 4) is 17.0 Å². The number of benzene rings is 1. The summed E-state index contributed by atoms with van der Waals surface area (Å²) in [6.45, 7) is 6.68. The first-order valence-corrected chi connectivity index (χ1v) is 7.69. The number of phenols is 1. The van der Waals surface area contributed by atoms with Gasteiger partial charge in [-0.1, -0.05) is 17.7 Å². The molecule has 6 nitrogen and oxygen atoms in total. The second kappa shape index (κ2) is 7.70. The number of allylic oxidation sites excluding steroid dienone is 3. The molecule has 3 N–H and O–H groups in total. The molecule has 1 heterocycles. The fourth-order valence-electron chi connectivity index (χ4n) is 2.48. The van der Waals surface area contributed by atoms with Crippen LogP contribution in [0, 0.1) is 11.8 Å². The molecule has 0 fully saturated rings. The van der Waals surface area contributed by atoms with Gasteiger partial charge in [-0.2, -0.15) is 5.10 Å². The number of hydrogen-bond acceptors (Lipinski definition) is 4. The average molecular weight is 328 g/mol. The van der Waals surface area contributed by atoms with E-state index in [2.05, 4.69) is 16.8 Å². The molecule has 0 aliphatic rings. The minimum atomic E-state index is -0.612.